The summed E-state index contributed by atoms with van der Waals surface area (Å²) < 4.78 is 6.83. The van der Waals surface area contributed by atoms with Crippen LogP contribution in [-0.2, 0) is 0 Å². The number of hydrogen-bond donors (Lipinski definition) is 4. The van der Waals surface area contributed by atoms with Crippen LogP contribution < -0.4 is 26.4 Å². The Morgan fingerprint density at radius 1 is 1.06 bits per heavy atom. The molecule has 0 radical (unpaired) electrons. The number of hydrogen-bond acceptors (Lipinski definition) is 8. The molecule has 1 amide bonds. The molecule has 0 unspecified atom stereocenters. The molecule has 1 aliphatic rings. The molecular formula is C25H28N8O2. The molecule has 0 atom stereocenters. The highest BCUT2D eigenvalue weighted by atomic mass is 16.5. The number of anilines is 4. The van der Waals surface area contributed by atoms with Gasteiger partial charge in [0.25, 0.3) is 5.91 Å². The topological polar surface area (TPSA) is 131 Å². The van der Waals surface area contributed by atoms with E-state index in [0.29, 0.717) is 22.8 Å². The first-order chi connectivity index (χ1) is 17.1. The van der Waals surface area contributed by atoms with Gasteiger partial charge in [0.15, 0.2) is 11.3 Å². The van der Waals surface area contributed by atoms with Gasteiger partial charge in [0.2, 0.25) is 0 Å². The van der Waals surface area contributed by atoms with Crippen LogP contribution in [-0.4, -0.2) is 44.7 Å². The summed E-state index contributed by atoms with van der Waals surface area (Å²) in [5.41, 5.74) is 9.17. The summed E-state index contributed by atoms with van der Waals surface area (Å²) in [5.74, 6) is 1.11. The molecule has 1 aromatic carbocycles. The van der Waals surface area contributed by atoms with Gasteiger partial charge in [-0.2, -0.15) is 0 Å². The summed E-state index contributed by atoms with van der Waals surface area (Å²) in [6.45, 7) is 0. The largest absolute Gasteiger partial charge is 0.497 e. The minimum atomic E-state index is -0.313. The number of nitrogens with two attached hydrogens (primary N) is 1. The molecule has 3 heterocycles. The van der Waals surface area contributed by atoms with E-state index < -0.39 is 0 Å². The third-order valence-corrected chi connectivity index (χ3v) is 6.13. The van der Waals surface area contributed by atoms with E-state index in [-0.39, 0.29) is 18.0 Å². The van der Waals surface area contributed by atoms with Gasteiger partial charge in [-0.05, 0) is 62.1 Å². The van der Waals surface area contributed by atoms with Gasteiger partial charge in [0.1, 0.15) is 11.6 Å². The molecule has 180 valence electrons. The van der Waals surface area contributed by atoms with E-state index in [1.54, 1.807) is 36.2 Å². The van der Waals surface area contributed by atoms with Crippen LogP contribution in [0.25, 0.3) is 5.65 Å². The van der Waals surface area contributed by atoms with E-state index in [4.69, 9.17) is 15.6 Å². The van der Waals surface area contributed by atoms with Crippen molar-refractivity contribution < 1.29 is 9.53 Å². The monoisotopic (exact) mass is 472 g/mol. The molecule has 0 aliphatic heterocycles. The summed E-state index contributed by atoms with van der Waals surface area (Å²) in [5, 5.41) is 14.5. The standard InChI is InChI=1S/C25H28N8O2/c1-35-20-8-6-17(7-9-20)29-21-14-23(30-18-4-2-16(26)3-5-18)32-33-22(15-28-24(21)33)25(34)31-19-10-12-27-13-11-19/h6-16,18,29H,2-5,26H2,1H3,(H,30,32)(H,27,31,34). The Kier molecular flexibility index (Phi) is 6.44. The lowest BCUT2D eigenvalue weighted by molar-refractivity contribution is 0.102. The number of benzene rings is 1. The molecule has 1 saturated carbocycles. The Bertz CT molecular complexity index is 1300. The molecule has 10 nitrogen and oxygen atoms in total. The van der Waals surface area contributed by atoms with Gasteiger partial charge in [0.05, 0.1) is 19.0 Å². The average Bonchev–Trinajstić information content (AvgIpc) is 3.31. The number of fused-ring (bicyclic) bond motifs is 1. The van der Waals surface area contributed by atoms with Crippen molar-refractivity contribution in [3.63, 3.8) is 0 Å². The first-order valence-electron chi connectivity index (χ1n) is 11.6. The molecule has 1 fully saturated rings. The molecule has 0 saturated heterocycles. The quantitative estimate of drug-likeness (QED) is 0.319. The summed E-state index contributed by atoms with van der Waals surface area (Å²) in [4.78, 5) is 21.6. The number of rotatable bonds is 7. The van der Waals surface area contributed by atoms with Crippen molar-refractivity contribution >= 4 is 34.4 Å². The number of methoxy groups -OCH3 is 1. The van der Waals surface area contributed by atoms with Crippen LogP contribution >= 0.6 is 0 Å². The van der Waals surface area contributed by atoms with Crippen LogP contribution in [0.3, 0.4) is 0 Å². The first kappa shape index (κ1) is 22.6. The Morgan fingerprint density at radius 2 is 1.80 bits per heavy atom. The van der Waals surface area contributed by atoms with E-state index in [0.717, 1.165) is 42.8 Å². The van der Waals surface area contributed by atoms with Crippen molar-refractivity contribution in [2.45, 2.75) is 37.8 Å². The van der Waals surface area contributed by atoms with E-state index in [9.17, 15) is 4.79 Å². The molecule has 10 heteroatoms. The zero-order valence-electron chi connectivity index (χ0n) is 19.4. The van der Waals surface area contributed by atoms with Gasteiger partial charge in [-0.3, -0.25) is 9.78 Å². The van der Waals surface area contributed by atoms with Crippen molar-refractivity contribution in [2.75, 3.05) is 23.1 Å². The zero-order valence-corrected chi connectivity index (χ0v) is 19.4. The maximum Gasteiger partial charge on any atom is 0.276 e. The molecule has 35 heavy (non-hydrogen) atoms. The number of carbonyl (C=O) groups is 1. The second-order valence-corrected chi connectivity index (χ2v) is 8.62. The van der Waals surface area contributed by atoms with Crippen molar-refractivity contribution in [1.29, 1.82) is 0 Å². The fourth-order valence-electron chi connectivity index (χ4n) is 4.22. The maximum atomic E-state index is 13.1. The van der Waals surface area contributed by atoms with Crippen LogP contribution in [0.4, 0.5) is 22.9 Å². The minimum absolute atomic E-state index is 0.257. The fraction of sp³-hybridized carbons (Fsp3) is 0.280. The highest BCUT2D eigenvalue weighted by Crippen LogP contribution is 2.28. The maximum absolute atomic E-state index is 13.1. The van der Waals surface area contributed by atoms with Crippen molar-refractivity contribution in [2.24, 2.45) is 5.73 Å². The molecule has 5 N–H and O–H groups in total. The van der Waals surface area contributed by atoms with Gasteiger partial charge in [-0.1, -0.05) is 0 Å². The molecule has 4 aromatic rings. The number of nitrogens with one attached hydrogen (secondary N) is 3. The molecule has 3 aromatic heterocycles. The van der Waals surface area contributed by atoms with Gasteiger partial charge in [-0.15, -0.1) is 5.10 Å². The number of ether oxygens (including phenoxy) is 1. The Hall–Kier alpha value is -4.18. The van der Waals surface area contributed by atoms with E-state index in [1.165, 1.54) is 6.20 Å². The van der Waals surface area contributed by atoms with Crippen LogP contribution in [0, 0.1) is 0 Å². The summed E-state index contributed by atoms with van der Waals surface area (Å²) in [6.07, 6.45) is 8.67. The highest BCUT2D eigenvalue weighted by Gasteiger charge is 2.21. The number of aromatic nitrogens is 4. The number of amides is 1. The predicted molar refractivity (Wildman–Crippen MR) is 135 cm³/mol. The summed E-state index contributed by atoms with van der Waals surface area (Å²) in [6, 6.07) is 13.5. The van der Waals surface area contributed by atoms with Crippen LogP contribution in [0.2, 0.25) is 0 Å². The smallest absolute Gasteiger partial charge is 0.276 e. The Labute approximate surface area is 202 Å². The Morgan fingerprint density at radius 3 is 2.51 bits per heavy atom. The average molecular weight is 473 g/mol. The van der Waals surface area contributed by atoms with E-state index >= 15 is 0 Å². The van der Waals surface area contributed by atoms with Crippen LogP contribution in [0.5, 0.6) is 5.75 Å². The molecule has 0 spiro atoms. The van der Waals surface area contributed by atoms with E-state index in [2.05, 4.69) is 25.9 Å². The van der Waals surface area contributed by atoms with Crippen molar-refractivity contribution in [1.82, 2.24) is 19.6 Å². The second-order valence-electron chi connectivity index (χ2n) is 8.62. The zero-order chi connectivity index (χ0) is 24.2. The Balaban J connectivity index is 1.48. The molecular weight excluding hydrogens is 444 g/mol. The first-order valence-corrected chi connectivity index (χ1v) is 11.6. The van der Waals surface area contributed by atoms with Gasteiger partial charge in [0, 0.05) is 41.9 Å². The highest BCUT2D eigenvalue weighted by molar-refractivity contribution is 6.03. The number of nitrogens with zero attached hydrogens (tertiary/aromatic N) is 4. The molecule has 5 rings (SSSR count). The SMILES string of the molecule is COc1ccc(Nc2cc(NC3CCC(N)CC3)nn3c(C(=O)Nc4ccncc4)cnc23)cc1. The van der Waals surface area contributed by atoms with Gasteiger partial charge < -0.3 is 26.4 Å². The third-order valence-electron chi connectivity index (χ3n) is 6.13. The van der Waals surface area contributed by atoms with Crippen LogP contribution in [0.1, 0.15) is 36.2 Å². The lowest BCUT2D eigenvalue weighted by atomic mass is 9.92. The number of pyridine rings is 1. The van der Waals surface area contributed by atoms with Crippen LogP contribution in [0.15, 0.2) is 61.1 Å². The molecule has 1 aliphatic carbocycles. The number of carbonyl (C=O) groups excluding carboxylic acids is 1. The van der Waals surface area contributed by atoms with Gasteiger partial charge >= 0.3 is 0 Å². The fourth-order valence-corrected chi connectivity index (χ4v) is 4.22. The van der Waals surface area contributed by atoms with E-state index in [1.807, 2.05) is 30.3 Å². The summed E-state index contributed by atoms with van der Waals surface area (Å²) in [7, 11) is 1.63. The predicted octanol–water partition coefficient (Wildman–Crippen LogP) is 3.81. The summed E-state index contributed by atoms with van der Waals surface area (Å²) >= 11 is 0. The van der Waals surface area contributed by atoms with Crippen molar-refractivity contribution in [3.05, 3.63) is 66.7 Å². The minimum Gasteiger partial charge on any atom is -0.497 e. The van der Waals surface area contributed by atoms with Gasteiger partial charge in [-0.25, -0.2) is 9.50 Å². The molecule has 0 bridgehead atoms. The van der Waals surface area contributed by atoms with Crippen molar-refractivity contribution in [3.8, 4) is 5.75 Å². The normalized spacial score (nSPS) is 17.7. The lowest BCUT2D eigenvalue weighted by Gasteiger charge is -2.27. The number of imidazole rings is 1. The second kappa shape index (κ2) is 9.98. The lowest BCUT2D eigenvalue weighted by Crippen LogP contribution is -2.33. The third kappa shape index (κ3) is 5.17.